The highest BCUT2D eigenvalue weighted by Crippen LogP contribution is 2.32. The number of aryl methyl sites for hydroxylation is 1. The zero-order chi connectivity index (χ0) is 25.5. The molecule has 0 radical (unpaired) electrons. The molecule has 0 spiro atoms. The Labute approximate surface area is 212 Å². The maximum Gasteiger partial charge on any atom is 0.294 e. The molecular weight excluding hydrogens is 478 g/mol. The molecule has 1 fully saturated rings. The van der Waals surface area contributed by atoms with Crippen molar-refractivity contribution < 1.29 is 23.9 Å². The summed E-state index contributed by atoms with van der Waals surface area (Å²) in [4.78, 5) is 50.5. The van der Waals surface area contributed by atoms with Gasteiger partial charge in [0.15, 0.2) is 6.61 Å². The number of hydrogen-bond acceptors (Lipinski definition) is 6. The fourth-order valence-corrected chi connectivity index (χ4v) is 4.13. The van der Waals surface area contributed by atoms with Crippen LogP contribution in [-0.2, 0) is 14.4 Å². The number of amides is 4. The third-order valence-electron chi connectivity index (χ3n) is 5.12. The van der Waals surface area contributed by atoms with Crippen LogP contribution in [0.4, 0.5) is 16.2 Å². The third-order valence-corrected chi connectivity index (χ3v) is 6.02. The standard InChI is InChI=1S/C27H23N3O5S/c1-18-7-11-21(12-8-18)29-25(32)17-35-22-13-9-19(10-14-22)15-23-26(33)30(27(34)36-23)16-24(31)28-20-5-3-2-4-6-20/h2-15H,16-17H2,1H3,(H,28,31)(H,29,32)/b23-15+. The van der Waals surface area contributed by atoms with Crippen molar-refractivity contribution in [3.05, 3.63) is 94.9 Å². The summed E-state index contributed by atoms with van der Waals surface area (Å²) in [7, 11) is 0. The highest BCUT2D eigenvalue weighted by molar-refractivity contribution is 8.18. The van der Waals surface area contributed by atoms with Crippen molar-refractivity contribution in [2.75, 3.05) is 23.8 Å². The number of nitrogens with one attached hydrogen (secondary N) is 2. The lowest BCUT2D eigenvalue weighted by molar-refractivity contribution is -0.127. The number of anilines is 2. The molecule has 3 aromatic carbocycles. The van der Waals surface area contributed by atoms with Gasteiger partial charge in [-0.25, -0.2) is 0 Å². The van der Waals surface area contributed by atoms with Crippen LogP contribution in [0.2, 0.25) is 0 Å². The number of hydrogen-bond donors (Lipinski definition) is 2. The van der Waals surface area contributed by atoms with Crippen LogP contribution >= 0.6 is 11.8 Å². The number of benzene rings is 3. The number of carbonyl (C=O) groups is 4. The van der Waals surface area contributed by atoms with E-state index in [0.29, 0.717) is 22.7 Å². The Morgan fingerprint density at radius 3 is 2.19 bits per heavy atom. The van der Waals surface area contributed by atoms with Crippen molar-refractivity contribution in [3.63, 3.8) is 0 Å². The van der Waals surface area contributed by atoms with Gasteiger partial charge in [0.25, 0.3) is 17.1 Å². The predicted octanol–water partition coefficient (Wildman–Crippen LogP) is 4.69. The van der Waals surface area contributed by atoms with Crippen LogP contribution in [0.3, 0.4) is 0 Å². The molecular formula is C27H23N3O5S. The van der Waals surface area contributed by atoms with Gasteiger partial charge in [0.1, 0.15) is 12.3 Å². The molecule has 1 heterocycles. The molecule has 0 unspecified atom stereocenters. The number of carbonyl (C=O) groups excluding carboxylic acids is 4. The van der Waals surface area contributed by atoms with E-state index in [2.05, 4.69) is 10.6 Å². The van der Waals surface area contributed by atoms with Gasteiger partial charge in [0.05, 0.1) is 4.91 Å². The maximum atomic E-state index is 12.7. The number of rotatable bonds is 8. The Kier molecular flexibility index (Phi) is 7.82. The van der Waals surface area contributed by atoms with Gasteiger partial charge >= 0.3 is 0 Å². The van der Waals surface area contributed by atoms with E-state index in [4.69, 9.17) is 4.74 Å². The van der Waals surface area contributed by atoms with Crippen LogP contribution in [0.1, 0.15) is 11.1 Å². The number of para-hydroxylation sites is 1. The minimum Gasteiger partial charge on any atom is -0.484 e. The van der Waals surface area contributed by atoms with Crippen LogP contribution in [0.25, 0.3) is 6.08 Å². The quantitative estimate of drug-likeness (QED) is 0.434. The Balaban J connectivity index is 1.30. The fourth-order valence-electron chi connectivity index (χ4n) is 3.30. The SMILES string of the molecule is Cc1ccc(NC(=O)COc2ccc(/C=C3/SC(=O)N(CC(=O)Nc4ccccc4)C3=O)cc2)cc1. The van der Waals surface area contributed by atoms with E-state index in [0.717, 1.165) is 22.2 Å². The van der Waals surface area contributed by atoms with Crippen molar-refractivity contribution >= 4 is 52.2 Å². The molecule has 9 heteroatoms. The summed E-state index contributed by atoms with van der Waals surface area (Å²) in [5, 5.41) is 4.91. The minimum absolute atomic E-state index is 0.156. The fraction of sp³-hybridized carbons (Fsp3) is 0.111. The van der Waals surface area contributed by atoms with E-state index in [-0.39, 0.29) is 24.0 Å². The van der Waals surface area contributed by atoms with Gasteiger partial charge in [-0.15, -0.1) is 0 Å². The van der Waals surface area contributed by atoms with Crippen LogP contribution < -0.4 is 15.4 Å². The lowest BCUT2D eigenvalue weighted by atomic mass is 10.2. The van der Waals surface area contributed by atoms with Crippen LogP contribution in [0.15, 0.2) is 83.8 Å². The van der Waals surface area contributed by atoms with Crippen LogP contribution in [-0.4, -0.2) is 41.0 Å². The summed E-state index contributed by atoms with van der Waals surface area (Å²) in [5.74, 6) is -0.788. The first kappa shape index (κ1) is 24.7. The van der Waals surface area contributed by atoms with Gasteiger partial charge in [0, 0.05) is 11.4 Å². The lowest BCUT2D eigenvalue weighted by Gasteiger charge is -2.12. The molecule has 1 aliphatic heterocycles. The topological polar surface area (TPSA) is 105 Å². The first-order valence-electron chi connectivity index (χ1n) is 11.1. The largest absolute Gasteiger partial charge is 0.484 e. The molecule has 36 heavy (non-hydrogen) atoms. The van der Waals surface area contributed by atoms with Gasteiger partial charge < -0.3 is 15.4 Å². The van der Waals surface area contributed by atoms with Gasteiger partial charge in [-0.2, -0.15) is 0 Å². The van der Waals surface area contributed by atoms with Crippen molar-refractivity contribution in [1.29, 1.82) is 0 Å². The second-order valence-electron chi connectivity index (χ2n) is 7.95. The monoisotopic (exact) mass is 501 g/mol. The molecule has 0 bridgehead atoms. The molecule has 182 valence electrons. The molecule has 4 rings (SSSR count). The molecule has 2 N–H and O–H groups in total. The highest BCUT2D eigenvalue weighted by Gasteiger charge is 2.36. The van der Waals surface area contributed by atoms with Gasteiger partial charge in [-0.1, -0.05) is 48.0 Å². The summed E-state index contributed by atoms with van der Waals surface area (Å²) in [6, 6.07) is 23.0. The number of nitrogens with zero attached hydrogens (tertiary/aromatic N) is 1. The zero-order valence-corrected chi connectivity index (χ0v) is 20.2. The van der Waals surface area contributed by atoms with Crippen molar-refractivity contribution in [2.24, 2.45) is 0 Å². The molecule has 0 aromatic heterocycles. The van der Waals surface area contributed by atoms with Gasteiger partial charge in [-0.3, -0.25) is 24.1 Å². The summed E-state index contributed by atoms with van der Waals surface area (Å²) < 4.78 is 5.52. The minimum atomic E-state index is -0.527. The van der Waals surface area contributed by atoms with Crippen LogP contribution in [0.5, 0.6) is 5.75 Å². The summed E-state index contributed by atoms with van der Waals surface area (Å²) in [5.41, 5.74) is 3.05. The Morgan fingerprint density at radius 1 is 0.861 bits per heavy atom. The van der Waals surface area contributed by atoms with E-state index in [1.807, 2.05) is 37.3 Å². The number of imide groups is 1. The summed E-state index contributed by atoms with van der Waals surface area (Å²) in [6.07, 6.45) is 1.58. The first-order valence-corrected chi connectivity index (χ1v) is 11.9. The molecule has 8 nitrogen and oxygen atoms in total. The van der Waals surface area contributed by atoms with Crippen molar-refractivity contribution in [1.82, 2.24) is 4.90 Å². The normalized spacial score (nSPS) is 14.1. The molecule has 0 aliphatic carbocycles. The smallest absolute Gasteiger partial charge is 0.294 e. The molecule has 1 saturated heterocycles. The van der Waals surface area contributed by atoms with E-state index in [1.165, 1.54) is 0 Å². The number of ether oxygens (including phenoxy) is 1. The van der Waals surface area contributed by atoms with Crippen molar-refractivity contribution in [3.8, 4) is 5.75 Å². The van der Waals surface area contributed by atoms with E-state index >= 15 is 0 Å². The first-order chi connectivity index (χ1) is 17.4. The molecule has 3 aromatic rings. The number of thioether (sulfide) groups is 1. The Bertz CT molecular complexity index is 1310. The Morgan fingerprint density at radius 2 is 1.50 bits per heavy atom. The average Bonchev–Trinajstić information content (AvgIpc) is 3.13. The van der Waals surface area contributed by atoms with E-state index in [1.54, 1.807) is 54.6 Å². The summed E-state index contributed by atoms with van der Waals surface area (Å²) in [6.45, 7) is 1.45. The second-order valence-corrected chi connectivity index (χ2v) is 8.95. The predicted molar refractivity (Wildman–Crippen MR) is 139 cm³/mol. The second kappa shape index (κ2) is 11.4. The van der Waals surface area contributed by atoms with E-state index < -0.39 is 17.1 Å². The van der Waals surface area contributed by atoms with Crippen LogP contribution in [0, 0.1) is 6.92 Å². The van der Waals surface area contributed by atoms with Gasteiger partial charge in [-0.05, 0) is 66.7 Å². The summed E-state index contributed by atoms with van der Waals surface area (Å²) >= 11 is 0.779. The molecule has 1 aliphatic rings. The Hall–Kier alpha value is -4.37. The molecule has 4 amide bonds. The highest BCUT2D eigenvalue weighted by atomic mass is 32.2. The van der Waals surface area contributed by atoms with Crippen molar-refractivity contribution in [2.45, 2.75) is 6.92 Å². The average molecular weight is 502 g/mol. The van der Waals surface area contributed by atoms with E-state index in [9.17, 15) is 19.2 Å². The lowest BCUT2D eigenvalue weighted by Crippen LogP contribution is -2.36. The third kappa shape index (κ3) is 6.61. The molecule has 0 saturated carbocycles. The van der Waals surface area contributed by atoms with Gasteiger partial charge in [0.2, 0.25) is 5.91 Å². The molecule has 0 atom stereocenters. The zero-order valence-electron chi connectivity index (χ0n) is 19.4. The maximum absolute atomic E-state index is 12.7.